The van der Waals surface area contributed by atoms with Crippen molar-refractivity contribution in [3.05, 3.63) is 0 Å². The van der Waals surface area contributed by atoms with Gasteiger partial charge in [-0.1, -0.05) is 0 Å². The molecule has 0 aromatic rings. The molecular weight excluding hydrogens is 252 g/mol. The van der Waals surface area contributed by atoms with Crippen molar-refractivity contribution < 1.29 is 9.53 Å². The summed E-state index contributed by atoms with van der Waals surface area (Å²) in [5, 5.41) is 3.91. The Morgan fingerprint density at radius 1 is 1.15 bits per heavy atom. The summed E-state index contributed by atoms with van der Waals surface area (Å²) in [5.74, 6) is 4.11. The first kappa shape index (κ1) is 12.9. The minimum Gasteiger partial charge on any atom is -0.450 e. The number of nitrogens with zero attached hydrogens (tertiary/aromatic N) is 1. The second-order valence-corrected chi connectivity index (χ2v) is 7.14. The van der Waals surface area contributed by atoms with Crippen molar-refractivity contribution in [3.8, 4) is 0 Å². The van der Waals surface area contributed by atoms with Gasteiger partial charge < -0.3 is 15.0 Å². The highest BCUT2D eigenvalue weighted by atomic mass is 16.6. The number of carbonyl (C=O) groups is 1. The topological polar surface area (TPSA) is 41.6 Å². The van der Waals surface area contributed by atoms with E-state index in [9.17, 15) is 4.79 Å². The Hall–Kier alpha value is -0.770. The van der Waals surface area contributed by atoms with Crippen molar-refractivity contribution in [1.82, 2.24) is 10.2 Å². The van der Waals surface area contributed by atoms with Gasteiger partial charge in [-0.25, -0.2) is 4.79 Å². The Labute approximate surface area is 121 Å². The smallest absolute Gasteiger partial charge is 0.409 e. The summed E-state index contributed by atoms with van der Waals surface area (Å²) in [6.07, 6.45) is 6.55. The van der Waals surface area contributed by atoms with Gasteiger partial charge in [-0.3, -0.25) is 0 Å². The first-order valence-corrected chi connectivity index (χ1v) is 8.45. The highest BCUT2D eigenvalue weighted by molar-refractivity contribution is 5.67. The molecule has 4 aliphatic rings. The monoisotopic (exact) mass is 278 g/mol. The maximum atomic E-state index is 11.7. The second-order valence-electron chi connectivity index (χ2n) is 7.14. The summed E-state index contributed by atoms with van der Waals surface area (Å²) in [6.45, 7) is 4.05. The fourth-order valence-corrected chi connectivity index (χ4v) is 5.26. The van der Waals surface area contributed by atoms with E-state index in [-0.39, 0.29) is 6.09 Å². The zero-order valence-corrected chi connectivity index (χ0v) is 12.4. The minimum absolute atomic E-state index is 0.132. The molecule has 3 saturated carbocycles. The van der Waals surface area contributed by atoms with Crippen LogP contribution in [0.25, 0.3) is 0 Å². The van der Waals surface area contributed by atoms with Crippen LogP contribution in [-0.2, 0) is 4.74 Å². The molecule has 2 bridgehead atoms. The van der Waals surface area contributed by atoms with Crippen LogP contribution in [0.4, 0.5) is 4.79 Å². The molecule has 1 amide bonds. The number of likely N-dealkylation sites (tertiary alicyclic amines) is 1. The Bertz CT molecular complexity index is 376. The molecule has 1 aliphatic heterocycles. The van der Waals surface area contributed by atoms with Crippen LogP contribution in [0, 0.1) is 23.7 Å². The molecule has 0 spiro atoms. The number of amides is 1. The number of hydrogen-bond donors (Lipinski definition) is 1. The number of piperidine rings is 1. The van der Waals surface area contributed by atoms with Gasteiger partial charge >= 0.3 is 6.09 Å². The molecule has 0 aromatic carbocycles. The van der Waals surface area contributed by atoms with Crippen LogP contribution in [0.5, 0.6) is 0 Å². The third kappa shape index (κ3) is 2.03. The van der Waals surface area contributed by atoms with E-state index in [4.69, 9.17) is 4.74 Å². The Morgan fingerprint density at radius 2 is 1.80 bits per heavy atom. The summed E-state index contributed by atoms with van der Waals surface area (Å²) >= 11 is 0. The Balaban J connectivity index is 1.24. The van der Waals surface area contributed by atoms with E-state index in [0.717, 1.165) is 55.6 Å². The highest BCUT2D eigenvalue weighted by Crippen LogP contribution is 2.65. The fourth-order valence-electron chi connectivity index (χ4n) is 5.26. The highest BCUT2D eigenvalue weighted by Gasteiger charge is 2.64. The van der Waals surface area contributed by atoms with Gasteiger partial charge in [0, 0.05) is 25.2 Å². The number of ether oxygens (including phenoxy) is 1. The normalized spacial score (nSPS) is 42.6. The lowest BCUT2D eigenvalue weighted by atomic mass is 10.0. The molecular formula is C16H26N2O2. The van der Waals surface area contributed by atoms with Crippen LogP contribution in [0.2, 0.25) is 0 Å². The second kappa shape index (κ2) is 4.90. The molecule has 4 atom stereocenters. The van der Waals surface area contributed by atoms with Crippen LogP contribution in [0.3, 0.4) is 0 Å². The van der Waals surface area contributed by atoms with Gasteiger partial charge in [0.15, 0.2) is 0 Å². The van der Waals surface area contributed by atoms with E-state index >= 15 is 0 Å². The van der Waals surface area contributed by atoms with Crippen molar-refractivity contribution in [2.75, 3.05) is 19.7 Å². The van der Waals surface area contributed by atoms with Gasteiger partial charge in [-0.05, 0) is 62.7 Å². The molecule has 1 N–H and O–H groups in total. The molecule has 1 heterocycles. The predicted molar refractivity (Wildman–Crippen MR) is 76.4 cm³/mol. The average Bonchev–Trinajstić information content (AvgIpc) is 2.85. The lowest BCUT2D eigenvalue weighted by Crippen LogP contribution is -2.46. The molecule has 1 saturated heterocycles. The maximum Gasteiger partial charge on any atom is 0.409 e. The van der Waals surface area contributed by atoms with E-state index < -0.39 is 0 Å². The Morgan fingerprint density at radius 3 is 2.40 bits per heavy atom. The molecule has 0 radical (unpaired) electrons. The summed E-state index contributed by atoms with van der Waals surface area (Å²) in [6, 6.07) is 1.44. The third-order valence-corrected chi connectivity index (χ3v) is 6.18. The number of carbonyl (C=O) groups excluding carboxylic acids is 1. The quantitative estimate of drug-likeness (QED) is 0.861. The van der Waals surface area contributed by atoms with Crippen LogP contribution in [0.15, 0.2) is 0 Å². The van der Waals surface area contributed by atoms with Gasteiger partial charge in [0.2, 0.25) is 0 Å². The van der Waals surface area contributed by atoms with Gasteiger partial charge in [-0.15, -0.1) is 0 Å². The van der Waals surface area contributed by atoms with Crippen molar-refractivity contribution >= 4 is 6.09 Å². The number of hydrogen-bond acceptors (Lipinski definition) is 3. The summed E-state index contributed by atoms with van der Waals surface area (Å²) in [7, 11) is 0. The largest absolute Gasteiger partial charge is 0.450 e. The zero-order valence-electron chi connectivity index (χ0n) is 12.4. The zero-order chi connectivity index (χ0) is 13.7. The minimum atomic E-state index is -0.132. The SMILES string of the molecule is CCOC(=O)N1CCC(NC2C3C4CCC(C4)C23)CC1. The number of nitrogens with one attached hydrogen (secondary N) is 1. The fraction of sp³-hybridized carbons (Fsp3) is 0.938. The molecule has 4 rings (SSSR count). The van der Waals surface area contributed by atoms with E-state index in [1.807, 2.05) is 11.8 Å². The van der Waals surface area contributed by atoms with E-state index in [1.165, 1.54) is 19.3 Å². The number of rotatable bonds is 3. The first-order valence-electron chi connectivity index (χ1n) is 8.45. The summed E-state index contributed by atoms with van der Waals surface area (Å²) < 4.78 is 5.07. The van der Waals surface area contributed by atoms with Crippen LogP contribution in [0.1, 0.15) is 39.0 Å². The van der Waals surface area contributed by atoms with Gasteiger partial charge in [0.05, 0.1) is 6.61 Å². The lowest BCUT2D eigenvalue weighted by molar-refractivity contribution is 0.0946. The average molecular weight is 278 g/mol. The molecule has 4 heteroatoms. The van der Waals surface area contributed by atoms with Gasteiger partial charge in [0.25, 0.3) is 0 Å². The third-order valence-electron chi connectivity index (χ3n) is 6.18. The van der Waals surface area contributed by atoms with Crippen molar-refractivity contribution in [3.63, 3.8) is 0 Å². The van der Waals surface area contributed by atoms with E-state index in [0.29, 0.717) is 12.6 Å². The molecule has 0 aromatic heterocycles. The molecule has 112 valence electrons. The predicted octanol–water partition coefficient (Wildman–Crippen LogP) is 2.24. The maximum absolute atomic E-state index is 11.7. The van der Waals surface area contributed by atoms with E-state index in [1.54, 1.807) is 0 Å². The standard InChI is InChI=1S/C16H26N2O2/c1-2-20-16(19)18-7-5-12(6-8-18)17-15-13-10-3-4-11(9-10)14(13)15/h10-15,17H,2-9H2,1H3. The van der Waals surface area contributed by atoms with Crippen LogP contribution >= 0.6 is 0 Å². The van der Waals surface area contributed by atoms with E-state index in [2.05, 4.69) is 5.32 Å². The molecule has 4 nitrogen and oxygen atoms in total. The van der Waals surface area contributed by atoms with Gasteiger partial charge in [-0.2, -0.15) is 0 Å². The molecule has 20 heavy (non-hydrogen) atoms. The van der Waals surface area contributed by atoms with Gasteiger partial charge in [0.1, 0.15) is 0 Å². The lowest BCUT2D eigenvalue weighted by Gasteiger charge is -2.32. The van der Waals surface area contributed by atoms with Crippen molar-refractivity contribution in [1.29, 1.82) is 0 Å². The van der Waals surface area contributed by atoms with Crippen LogP contribution in [-0.4, -0.2) is 42.8 Å². The van der Waals surface area contributed by atoms with Crippen molar-refractivity contribution in [2.45, 2.75) is 51.1 Å². The van der Waals surface area contributed by atoms with Crippen molar-refractivity contribution in [2.24, 2.45) is 23.7 Å². The first-order chi connectivity index (χ1) is 9.78. The summed E-state index contributed by atoms with van der Waals surface area (Å²) in [5.41, 5.74) is 0. The summed E-state index contributed by atoms with van der Waals surface area (Å²) in [4.78, 5) is 13.5. The molecule has 4 fully saturated rings. The number of fused-ring (bicyclic) bond motifs is 5. The Kier molecular flexibility index (Phi) is 3.17. The molecule has 3 aliphatic carbocycles. The van der Waals surface area contributed by atoms with Crippen LogP contribution < -0.4 is 5.32 Å². The molecule has 4 unspecified atom stereocenters.